The van der Waals surface area contributed by atoms with E-state index in [0.717, 1.165) is 36.5 Å². The van der Waals surface area contributed by atoms with Crippen LogP contribution >= 0.6 is 0 Å². The number of fused-ring (bicyclic) bond motifs is 1. The highest BCUT2D eigenvalue weighted by Crippen LogP contribution is 2.25. The lowest BCUT2D eigenvalue weighted by atomic mass is 10.1. The second-order valence-electron chi connectivity index (χ2n) is 7.11. The van der Waals surface area contributed by atoms with Crippen LogP contribution < -0.4 is 10.0 Å². The monoisotopic (exact) mass is 413 g/mol. The third kappa shape index (κ3) is 3.83. The summed E-state index contributed by atoms with van der Waals surface area (Å²) in [6.45, 7) is 0.990. The molecular weight excluding hydrogens is 390 g/mol. The lowest BCUT2D eigenvalue weighted by Gasteiger charge is -2.11. The fourth-order valence-electron chi connectivity index (χ4n) is 3.53. The first kappa shape index (κ1) is 19.4. The van der Waals surface area contributed by atoms with Gasteiger partial charge in [0.25, 0.3) is 5.91 Å². The average Bonchev–Trinajstić information content (AvgIpc) is 3.32. The van der Waals surface area contributed by atoms with Gasteiger partial charge in [-0.2, -0.15) is 0 Å². The third-order valence-corrected chi connectivity index (χ3v) is 6.50. The molecule has 0 saturated carbocycles. The number of benzene rings is 1. The second-order valence-corrected chi connectivity index (χ2v) is 8.99. The molecule has 0 atom stereocenters. The van der Waals surface area contributed by atoms with Crippen molar-refractivity contribution in [3.63, 3.8) is 0 Å². The number of amides is 1. The van der Waals surface area contributed by atoms with Gasteiger partial charge in [0.05, 0.1) is 5.69 Å². The van der Waals surface area contributed by atoms with Crippen LogP contribution in [0.4, 0.5) is 5.69 Å². The Hall–Kier alpha value is -2.91. The van der Waals surface area contributed by atoms with Crippen molar-refractivity contribution in [3.05, 3.63) is 54.2 Å². The molecule has 0 unspecified atom stereocenters. The minimum atomic E-state index is -3.61. The fraction of sp³-hybridized carbons (Fsp3) is 0.300. The number of rotatable bonds is 5. The molecule has 0 radical (unpaired) electrons. The van der Waals surface area contributed by atoms with Gasteiger partial charge in [0.2, 0.25) is 10.0 Å². The van der Waals surface area contributed by atoms with Gasteiger partial charge in [0, 0.05) is 43.7 Å². The summed E-state index contributed by atoms with van der Waals surface area (Å²) in [7, 11) is -0.643. The van der Waals surface area contributed by atoms with Crippen LogP contribution in [0, 0.1) is 0 Å². The number of anilines is 1. The fourth-order valence-corrected chi connectivity index (χ4v) is 4.33. The number of hydrogen-bond donors (Lipinski definition) is 2. The molecule has 0 aliphatic carbocycles. The first-order valence-electron chi connectivity index (χ1n) is 9.45. The van der Waals surface area contributed by atoms with Crippen LogP contribution in [0.2, 0.25) is 0 Å². The lowest BCUT2D eigenvalue weighted by molar-refractivity contribution is 0.101. The molecule has 2 N–H and O–H groups in total. The maximum absolute atomic E-state index is 12.7. The van der Waals surface area contributed by atoms with Gasteiger partial charge in [0.15, 0.2) is 0 Å². The molecule has 1 aliphatic rings. The predicted octanol–water partition coefficient (Wildman–Crippen LogP) is 2.39. The number of carbonyl (C=O) groups is 1. The van der Waals surface area contributed by atoms with Crippen molar-refractivity contribution >= 4 is 21.6 Å². The highest BCUT2D eigenvalue weighted by atomic mass is 32.2. The topological polar surface area (TPSA) is 98.0 Å². The number of hydrogen-bond acceptors (Lipinski definition) is 4. The normalized spacial score (nSPS) is 13.9. The molecule has 0 spiro atoms. The van der Waals surface area contributed by atoms with E-state index in [1.54, 1.807) is 13.1 Å². The van der Waals surface area contributed by atoms with Crippen molar-refractivity contribution in [3.8, 4) is 11.3 Å². The first-order chi connectivity index (χ1) is 13.9. The molecule has 152 valence electrons. The Labute approximate surface area is 169 Å². The van der Waals surface area contributed by atoms with E-state index in [2.05, 4.69) is 20.8 Å². The summed E-state index contributed by atoms with van der Waals surface area (Å²) < 4.78 is 29.9. The molecule has 0 bridgehead atoms. The molecule has 0 fully saturated rings. The number of sulfonamides is 1. The summed E-state index contributed by atoms with van der Waals surface area (Å²) in [6, 6.07) is 8.86. The predicted molar refractivity (Wildman–Crippen MR) is 110 cm³/mol. The van der Waals surface area contributed by atoms with Gasteiger partial charge in [-0.25, -0.2) is 18.1 Å². The Morgan fingerprint density at radius 2 is 2.00 bits per heavy atom. The number of aryl methyl sites for hydroxylation is 3. The summed E-state index contributed by atoms with van der Waals surface area (Å²) in [4.78, 5) is 17.5. The summed E-state index contributed by atoms with van der Waals surface area (Å²) in [5, 5.41) is 2.84. The molecule has 9 heteroatoms. The molecule has 0 saturated heterocycles. The maximum atomic E-state index is 12.7. The van der Waals surface area contributed by atoms with E-state index < -0.39 is 10.0 Å². The van der Waals surface area contributed by atoms with Gasteiger partial charge in [-0.05, 0) is 38.1 Å². The number of imidazole rings is 1. The standard InChI is InChI=1S/C20H23N5O3S/c1-21-29(27,28)16-11-18(24(2)12-16)20(26)22-15-7-5-6-14(10-15)17-13-25-9-4-3-8-19(25)23-17/h5-7,10-13,21H,3-4,8-9H2,1-2H3,(H,22,26). The molecule has 2 aromatic heterocycles. The molecular formula is C20H23N5O3S. The van der Waals surface area contributed by atoms with Crippen molar-refractivity contribution < 1.29 is 13.2 Å². The molecule has 8 nitrogen and oxygen atoms in total. The minimum Gasteiger partial charge on any atom is -0.345 e. The van der Waals surface area contributed by atoms with Crippen molar-refractivity contribution in [1.82, 2.24) is 18.8 Å². The van der Waals surface area contributed by atoms with Gasteiger partial charge < -0.3 is 14.5 Å². The molecule has 3 heterocycles. The summed E-state index contributed by atoms with van der Waals surface area (Å²) >= 11 is 0. The lowest BCUT2D eigenvalue weighted by Crippen LogP contribution is -2.18. The van der Waals surface area contributed by atoms with E-state index in [1.807, 2.05) is 18.2 Å². The van der Waals surface area contributed by atoms with Crippen molar-refractivity contribution in [2.24, 2.45) is 7.05 Å². The van der Waals surface area contributed by atoms with Gasteiger partial charge >= 0.3 is 0 Å². The molecule has 1 aromatic carbocycles. The van der Waals surface area contributed by atoms with Crippen LogP contribution in [0.15, 0.2) is 47.6 Å². The maximum Gasteiger partial charge on any atom is 0.272 e. The zero-order valence-electron chi connectivity index (χ0n) is 16.3. The van der Waals surface area contributed by atoms with E-state index in [4.69, 9.17) is 4.98 Å². The van der Waals surface area contributed by atoms with Crippen LogP contribution in [0.3, 0.4) is 0 Å². The Balaban J connectivity index is 1.57. The first-order valence-corrected chi connectivity index (χ1v) is 10.9. The Morgan fingerprint density at radius 3 is 2.76 bits per heavy atom. The Bertz CT molecular complexity index is 1150. The van der Waals surface area contributed by atoms with Crippen LogP contribution in [0.1, 0.15) is 29.2 Å². The molecule has 1 amide bonds. The number of aromatic nitrogens is 3. The van der Waals surface area contributed by atoms with E-state index >= 15 is 0 Å². The molecule has 3 aromatic rings. The Kier molecular flexibility index (Phi) is 5.01. The van der Waals surface area contributed by atoms with E-state index in [9.17, 15) is 13.2 Å². The van der Waals surface area contributed by atoms with Gasteiger partial charge in [-0.3, -0.25) is 4.79 Å². The Morgan fingerprint density at radius 1 is 1.17 bits per heavy atom. The van der Waals surface area contributed by atoms with Crippen molar-refractivity contribution in [2.45, 2.75) is 30.7 Å². The van der Waals surface area contributed by atoms with Crippen LogP contribution in [0.25, 0.3) is 11.3 Å². The van der Waals surface area contributed by atoms with E-state index in [1.165, 1.54) is 30.3 Å². The van der Waals surface area contributed by atoms with Gasteiger partial charge in [0.1, 0.15) is 16.4 Å². The highest BCUT2D eigenvalue weighted by molar-refractivity contribution is 7.89. The quantitative estimate of drug-likeness (QED) is 0.671. The molecule has 29 heavy (non-hydrogen) atoms. The summed E-state index contributed by atoms with van der Waals surface area (Å²) in [5.74, 6) is 0.717. The average molecular weight is 414 g/mol. The van der Waals surface area contributed by atoms with Crippen molar-refractivity contribution in [1.29, 1.82) is 0 Å². The van der Waals surface area contributed by atoms with Crippen LogP contribution in [-0.2, 0) is 30.0 Å². The highest BCUT2D eigenvalue weighted by Gasteiger charge is 2.19. The third-order valence-electron chi connectivity index (χ3n) is 5.12. The zero-order valence-corrected chi connectivity index (χ0v) is 17.2. The summed E-state index contributed by atoms with van der Waals surface area (Å²) in [5.41, 5.74) is 2.69. The zero-order chi connectivity index (χ0) is 20.6. The largest absolute Gasteiger partial charge is 0.345 e. The molecule has 4 rings (SSSR count). The van der Waals surface area contributed by atoms with Crippen molar-refractivity contribution in [2.75, 3.05) is 12.4 Å². The summed E-state index contributed by atoms with van der Waals surface area (Å²) in [6.07, 6.45) is 6.78. The van der Waals surface area contributed by atoms with E-state index in [-0.39, 0.29) is 16.5 Å². The molecule has 1 aliphatic heterocycles. The SMILES string of the molecule is CNS(=O)(=O)c1cc(C(=O)Nc2cccc(-c3cn4c(n3)CCCC4)c2)n(C)c1. The van der Waals surface area contributed by atoms with Crippen LogP contribution in [-0.4, -0.2) is 35.5 Å². The van der Waals surface area contributed by atoms with Crippen LogP contribution in [0.5, 0.6) is 0 Å². The smallest absolute Gasteiger partial charge is 0.272 e. The second kappa shape index (κ2) is 7.49. The van der Waals surface area contributed by atoms with E-state index in [0.29, 0.717) is 5.69 Å². The number of nitrogens with one attached hydrogen (secondary N) is 2. The van der Waals surface area contributed by atoms with Gasteiger partial charge in [-0.15, -0.1) is 0 Å². The van der Waals surface area contributed by atoms with Gasteiger partial charge in [-0.1, -0.05) is 12.1 Å². The number of carbonyl (C=O) groups excluding carboxylic acids is 1. The number of nitrogens with zero attached hydrogens (tertiary/aromatic N) is 3. The minimum absolute atomic E-state index is 0.0463.